The minimum atomic E-state index is -0.661. The molecule has 1 atom stereocenters. The van der Waals surface area contributed by atoms with Crippen molar-refractivity contribution >= 4 is 23.6 Å². The molecule has 0 aliphatic rings. The Morgan fingerprint density at radius 2 is 1.53 bits per heavy atom. The van der Waals surface area contributed by atoms with Gasteiger partial charge in [-0.15, -0.1) is 0 Å². The molecule has 5 heteroatoms. The van der Waals surface area contributed by atoms with E-state index < -0.39 is 6.04 Å². The van der Waals surface area contributed by atoms with Gasteiger partial charge in [-0.25, -0.2) is 4.79 Å². The summed E-state index contributed by atoms with van der Waals surface area (Å²) >= 11 is 1.62. The third-order valence-electron chi connectivity index (χ3n) is 4.76. The highest BCUT2D eigenvalue weighted by Gasteiger charge is 2.23. The van der Waals surface area contributed by atoms with E-state index in [-0.39, 0.29) is 11.9 Å². The Bertz CT molecular complexity index is 737. The summed E-state index contributed by atoms with van der Waals surface area (Å²) in [5.74, 6) is 0.650. The van der Waals surface area contributed by atoms with Gasteiger partial charge in [0.25, 0.3) is 5.91 Å². The van der Waals surface area contributed by atoms with E-state index in [1.807, 2.05) is 36.4 Å². The fourth-order valence-electron chi connectivity index (χ4n) is 3.02. The van der Waals surface area contributed by atoms with Crippen LogP contribution in [0.15, 0.2) is 60.7 Å². The number of esters is 1. The first-order valence-corrected chi connectivity index (χ1v) is 12.0. The maximum Gasteiger partial charge on any atom is 0.329 e. The topological polar surface area (TPSA) is 55.4 Å². The number of carbonyl (C=O) groups is 2. The van der Waals surface area contributed by atoms with Crippen molar-refractivity contribution in [2.24, 2.45) is 0 Å². The van der Waals surface area contributed by atoms with Gasteiger partial charge in [-0.3, -0.25) is 4.79 Å². The first kappa shape index (κ1) is 24.0. The van der Waals surface area contributed by atoms with E-state index in [1.165, 1.54) is 31.2 Å². The molecule has 0 radical (unpaired) electrons. The molecule has 1 N–H and O–H groups in total. The Morgan fingerprint density at radius 3 is 2.23 bits per heavy atom. The molecule has 2 aromatic carbocycles. The molecule has 0 fully saturated rings. The molecule has 0 unspecified atom stereocenters. The van der Waals surface area contributed by atoms with E-state index >= 15 is 0 Å². The summed E-state index contributed by atoms with van der Waals surface area (Å²) in [4.78, 5) is 25.2. The lowest BCUT2D eigenvalue weighted by atomic mass is 10.1. The maximum atomic E-state index is 12.6. The molecule has 0 saturated carbocycles. The largest absolute Gasteiger partial charge is 0.464 e. The number of carbonyl (C=O) groups excluding carboxylic acids is 2. The molecular formula is C25H33NO3S. The molecule has 0 bridgehead atoms. The Morgan fingerprint density at radius 1 is 0.900 bits per heavy atom. The number of thioether (sulfide) groups is 1. The summed E-state index contributed by atoms with van der Waals surface area (Å²) in [5, 5.41) is 2.85. The number of hydrogen-bond donors (Lipinski definition) is 1. The molecule has 0 aliphatic heterocycles. The number of nitrogens with one attached hydrogen (secondary N) is 1. The van der Waals surface area contributed by atoms with Crippen LogP contribution in [0.2, 0.25) is 0 Å². The molecular weight excluding hydrogens is 394 g/mol. The van der Waals surface area contributed by atoms with Gasteiger partial charge < -0.3 is 10.1 Å². The van der Waals surface area contributed by atoms with Gasteiger partial charge in [0.1, 0.15) is 6.04 Å². The second-order valence-corrected chi connectivity index (χ2v) is 8.36. The van der Waals surface area contributed by atoms with E-state index in [4.69, 9.17) is 4.74 Å². The summed E-state index contributed by atoms with van der Waals surface area (Å²) in [6.07, 6.45) is 6.82. The van der Waals surface area contributed by atoms with Crippen molar-refractivity contribution in [3.8, 4) is 0 Å². The summed E-state index contributed by atoms with van der Waals surface area (Å²) in [6.45, 7) is 2.60. The number of rotatable bonds is 14. The molecule has 0 saturated heterocycles. The van der Waals surface area contributed by atoms with Gasteiger partial charge in [0.2, 0.25) is 0 Å². The molecule has 0 aliphatic carbocycles. The van der Waals surface area contributed by atoms with Crippen LogP contribution < -0.4 is 5.32 Å². The third-order valence-corrected chi connectivity index (χ3v) is 5.87. The molecule has 0 heterocycles. The summed E-state index contributed by atoms with van der Waals surface area (Å²) in [6, 6.07) is 18.4. The van der Waals surface area contributed by atoms with Crippen molar-refractivity contribution < 1.29 is 14.3 Å². The fraction of sp³-hybridized carbons (Fsp3) is 0.440. The first-order valence-electron chi connectivity index (χ1n) is 10.8. The number of ether oxygens (including phenoxy) is 1. The molecule has 0 aromatic heterocycles. The van der Waals surface area contributed by atoms with Gasteiger partial charge in [-0.2, -0.15) is 11.8 Å². The Hall–Kier alpha value is -2.27. The lowest BCUT2D eigenvalue weighted by Gasteiger charge is -2.18. The minimum absolute atomic E-state index is 0.252. The third kappa shape index (κ3) is 9.49. The number of amides is 1. The Labute approximate surface area is 184 Å². The van der Waals surface area contributed by atoms with Crippen molar-refractivity contribution in [3.05, 3.63) is 71.8 Å². The summed E-state index contributed by atoms with van der Waals surface area (Å²) in [5.41, 5.74) is 1.73. The lowest BCUT2D eigenvalue weighted by Crippen LogP contribution is -2.43. The second kappa shape index (κ2) is 14.7. The number of benzene rings is 2. The van der Waals surface area contributed by atoms with Crippen LogP contribution in [0.3, 0.4) is 0 Å². The highest BCUT2D eigenvalue weighted by atomic mass is 32.2. The van der Waals surface area contributed by atoms with Crippen LogP contribution in [0.25, 0.3) is 0 Å². The average Bonchev–Trinajstić information content (AvgIpc) is 2.79. The minimum Gasteiger partial charge on any atom is -0.464 e. The zero-order valence-electron chi connectivity index (χ0n) is 17.8. The molecule has 2 aromatic rings. The van der Waals surface area contributed by atoms with Crippen molar-refractivity contribution in [3.63, 3.8) is 0 Å². The summed E-state index contributed by atoms with van der Waals surface area (Å²) < 4.78 is 5.48. The van der Waals surface area contributed by atoms with Gasteiger partial charge >= 0.3 is 5.97 Å². The standard InChI is InChI=1S/C25H33NO3S/c1-2-3-4-5-6-13-18-29-25(28)23(20-30-19-21-14-9-7-10-15-21)26-24(27)22-16-11-8-12-17-22/h7-12,14-17,23H,2-6,13,18-20H2,1H3,(H,26,27)/t23-/m1/s1. The van der Waals surface area contributed by atoms with Crippen molar-refractivity contribution in [1.29, 1.82) is 0 Å². The SMILES string of the molecule is CCCCCCCCOC(=O)[C@@H](CSCc1ccccc1)NC(=O)c1ccccc1. The quantitative estimate of drug-likeness (QED) is 0.314. The van der Waals surface area contributed by atoms with Crippen molar-refractivity contribution in [1.82, 2.24) is 5.32 Å². The van der Waals surface area contributed by atoms with E-state index in [2.05, 4.69) is 24.4 Å². The molecule has 2 rings (SSSR count). The monoisotopic (exact) mass is 427 g/mol. The van der Waals surface area contributed by atoms with Crippen LogP contribution in [-0.2, 0) is 15.3 Å². The average molecular weight is 428 g/mol. The van der Waals surface area contributed by atoms with E-state index in [9.17, 15) is 9.59 Å². The molecule has 1 amide bonds. The van der Waals surface area contributed by atoms with E-state index in [0.717, 1.165) is 18.6 Å². The summed E-state index contributed by atoms with van der Waals surface area (Å²) in [7, 11) is 0. The second-order valence-electron chi connectivity index (χ2n) is 7.33. The van der Waals surface area contributed by atoms with Gasteiger partial charge in [-0.1, -0.05) is 87.6 Å². The zero-order chi connectivity index (χ0) is 21.4. The molecule has 4 nitrogen and oxygen atoms in total. The number of unbranched alkanes of at least 4 members (excludes halogenated alkanes) is 5. The van der Waals surface area contributed by atoms with Crippen LogP contribution in [0.4, 0.5) is 0 Å². The first-order chi connectivity index (χ1) is 14.7. The zero-order valence-corrected chi connectivity index (χ0v) is 18.7. The fourth-order valence-corrected chi connectivity index (χ4v) is 4.03. The van der Waals surface area contributed by atoms with Crippen molar-refractivity contribution in [2.45, 2.75) is 57.2 Å². The van der Waals surface area contributed by atoms with Crippen LogP contribution in [0, 0.1) is 0 Å². The van der Waals surface area contributed by atoms with Crippen LogP contribution in [0.5, 0.6) is 0 Å². The van der Waals surface area contributed by atoms with Gasteiger partial charge in [0, 0.05) is 17.1 Å². The Balaban J connectivity index is 1.84. The highest BCUT2D eigenvalue weighted by Crippen LogP contribution is 2.14. The van der Waals surface area contributed by atoms with Gasteiger partial charge in [-0.05, 0) is 24.1 Å². The van der Waals surface area contributed by atoms with E-state index in [1.54, 1.807) is 23.9 Å². The Kier molecular flexibility index (Phi) is 11.7. The molecule has 162 valence electrons. The van der Waals surface area contributed by atoms with Crippen LogP contribution in [-0.4, -0.2) is 30.3 Å². The van der Waals surface area contributed by atoms with Crippen molar-refractivity contribution in [2.75, 3.05) is 12.4 Å². The van der Waals surface area contributed by atoms with Crippen LogP contribution >= 0.6 is 11.8 Å². The predicted octanol–water partition coefficient (Wildman–Crippen LogP) is 5.62. The van der Waals surface area contributed by atoms with Gasteiger partial charge in [0.05, 0.1) is 6.61 Å². The predicted molar refractivity (Wildman–Crippen MR) is 125 cm³/mol. The normalized spacial score (nSPS) is 11.6. The molecule has 30 heavy (non-hydrogen) atoms. The van der Waals surface area contributed by atoms with Gasteiger partial charge in [0.15, 0.2) is 0 Å². The highest BCUT2D eigenvalue weighted by molar-refractivity contribution is 7.98. The van der Waals surface area contributed by atoms with Crippen LogP contribution in [0.1, 0.15) is 61.4 Å². The smallest absolute Gasteiger partial charge is 0.329 e. The lowest BCUT2D eigenvalue weighted by molar-refractivity contribution is -0.145. The molecule has 0 spiro atoms. The maximum absolute atomic E-state index is 12.6. The number of hydrogen-bond acceptors (Lipinski definition) is 4. The van der Waals surface area contributed by atoms with E-state index in [0.29, 0.717) is 17.9 Å².